The average Bonchev–Trinajstić information content (AvgIpc) is 3.47. The molecule has 0 saturated carbocycles. The Labute approximate surface area is 210 Å². The summed E-state index contributed by atoms with van der Waals surface area (Å²) < 4.78 is 16.0. The van der Waals surface area contributed by atoms with E-state index in [1.807, 2.05) is 18.7 Å². The van der Waals surface area contributed by atoms with Crippen LogP contribution in [0.1, 0.15) is 80.1 Å². The molecule has 3 aliphatic heterocycles. The molecule has 1 N–H and O–H groups in total. The molecule has 2 bridgehead atoms. The lowest BCUT2D eigenvalue weighted by Gasteiger charge is -2.41. The molecule has 0 aliphatic carbocycles. The van der Waals surface area contributed by atoms with Crippen LogP contribution in [0.3, 0.4) is 0 Å². The van der Waals surface area contributed by atoms with Gasteiger partial charge in [0.05, 0.1) is 18.3 Å². The second kappa shape index (κ2) is 10.0. The molecular weight excluding hydrogens is 465 g/mol. The molecular formula is C26H36FN5O2S. The van der Waals surface area contributed by atoms with Gasteiger partial charge in [-0.2, -0.15) is 4.39 Å². The van der Waals surface area contributed by atoms with E-state index in [2.05, 4.69) is 21.7 Å². The number of nitrogens with one attached hydrogen (secondary N) is 1. The largest absolute Gasteiger partial charge is 0.351 e. The Bertz CT molecular complexity index is 1070. The first-order chi connectivity index (χ1) is 16.9. The number of amides is 2. The first-order valence-corrected chi connectivity index (χ1v) is 13.7. The number of hydrogen-bond acceptors (Lipinski definition) is 5. The molecule has 5 heterocycles. The maximum Gasteiger partial charge on any atom is 0.225 e. The Kier molecular flexibility index (Phi) is 6.99. The minimum atomic E-state index is -0.214. The number of aromatic nitrogens is 2. The molecule has 0 radical (unpaired) electrons. The average molecular weight is 502 g/mol. The van der Waals surface area contributed by atoms with Gasteiger partial charge in [-0.15, -0.1) is 11.3 Å². The standard InChI is InChI=1S/C26H36FN5O2S/c1-16(2)26(34)30-10-9-23-22(14-30)29-17(3)32(23)20-12-18-4-5-19(13-20)31(18)11-8-21(28-15-33)24-6-7-25(27)35-24/h6-7,15-16,18-21H,4-5,8-14H2,1-3H3,(H,28,33). The number of carbonyl (C=O) groups is 2. The lowest BCUT2D eigenvalue weighted by molar-refractivity contribution is -0.135. The maximum atomic E-state index is 13.5. The summed E-state index contributed by atoms with van der Waals surface area (Å²) in [4.78, 5) is 34.0. The van der Waals surface area contributed by atoms with E-state index in [9.17, 15) is 14.0 Å². The molecule has 2 saturated heterocycles. The van der Waals surface area contributed by atoms with Crippen molar-refractivity contribution in [3.05, 3.63) is 39.4 Å². The zero-order valence-corrected chi connectivity index (χ0v) is 21.7. The Morgan fingerprint density at radius 3 is 2.63 bits per heavy atom. The van der Waals surface area contributed by atoms with E-state index < -0.39 is 0 Å². The van der Waals surface area contributed by atoms with Crippen LogP contribution in [0.5, 0.6) is 0 Å². The Morgan fingerprint density at radius 2 is 2.00 bits per heavy atom. The highest BCUT2D eigenvalue weighted by Crippen LogP contribution is 2.43. The monoisotopic (exact) mass is 501 g/mol. The summed E-state index contributed by atoms with van der Waals surface area (Å²) in [5.74, 6) is 1.29. The van der Waals surface area contributed by atoms with Gasteiger partial charge in [0.1, 0.15) is 5.82 Å². The van der Waals surface area contributed by atoms with Gasteiger partial charge in [-0.05, 0) is 51.2 Å². The number of imidazole rings is 1. The lowest BCUT2D eigenvalue weighted by atomic mass is 9.95. The molecule has 2 fully saturated rings. The number of carbonyl (C=O) groups excluding carboxylic acids is 2. The van der Waals surface area contributed by atoms with Gasteiger partial charge in [0, 0.05) is 54.1 Å². The van der Waals surface area contributed by atoms with Crippen molar-refractivity contribution < 1.29 is 14.0 Å². The quantitative estimate of drug-likeness (QED) is 0.556. The van der Waals surface area contributed by atoms with E-state index in [1.54, 1.807) is 6.07 Å². The summed E-state index contributed by atoms with van der Waals surface area (Å²) in [6.45, 7) is 8.33. The number of rotatable bonds is 8. The third-order valence-corrected chi connectivity index (χ3v) is 9.13. The highest BCUT2D eigenvalue weighted by molar-refractivity contribution is 7.10. The molecule has 7 nitrogen and oxygen atoms in total. The van der Waals surface area contributed by atoms with E-state index in [4.69, 9.17) is 4.98 Å². The van der Waals surface area contributed by atoms with Crippen LogP contribution in [0.4, 0.5) is 4.39 Å². The molecule has 190 valence electrons. The number of halogens is 1. The summed E-state index contributed by atoms with van der Waals surface area (Å²) >= 11 is 1.11. The van der Waals surface area contributed by atoms with Gasteiger partial charge in [0.2, 0.25) is 12.3 Å². The fraction of sp³-hybridized carbons (Fsp3) is 0.654. The van der Waals surface area contributed by atoms with Crippen molar-refractivity contribution in [1.82, 2.24) is 24.7 Å². The van der Waals surface area contributed by atoms with E-state index in [1.165, 1.54) is 24.6 Å². The van der Waals surface area contributed by atoms with E-state index in [0.29, 0.717) is 24.7 Å². The molecule has 0 spiro atoms. The molecule has 5 rings (SSSR count). The molecule has 35 heavy (non-hydrogen) atoms. The molecule has 2 aromatic heterocycles. The van der Waals surface area contributed by atoms with Crippen LogP contribution in [-0.2, 0) is 22.6 Å². The number of nitrogens with zero attached hydrogens (tertiary/aromatic N) is 4. The molecule has 3 atom stereocenters. The maximum absolute atomic E-state index is 13.5. The van der Waals surface area contributed by atoms with E-state index >= 15 is 0 Å². The number of aryl methyl sites for hydroxylation is 1. The summed E-state index contributed by atoms with van der Waals surface area (Å²) in [5.41, 5.74) is 2.40. The normalized spacial score (nSPS) is 25.1. The number of piperidine rings is 1. The van der Waals surface area contributed by atoms with Crippen LogP contribution in [-0.4, -0.2) is 56.8 Å². The van der Waals surface area contributed by atoms with Crippen molar-refractivity contribution in [2.75, 3.05) is 13.1 Å². The minimum Gasteiger partial charge on any atom is -0.351 e. The van der Waals surface area contributed by atoms with Crippen LogP contribution >= 0.6 is 11.3 Å². The number of thiophene rings is 1. The minimum absolute atomic E-state index is 0.0138. The summed E-state index contributed by atoms with van der Waals surface area (Å²) in [6.07, 6.45) is 7.00. The van der Waals surface area contributed by atoms with Crippen LogP contribution < -0.4 is 5.32 Å². The Balaban J connectivity index is 1.26. The van der Waals surface area contributed by atoms with Crippen molar-refractivity contribution in [2.45, 2.75) is 90.0 Å². The van der Waals surface area contributed by atoms with E-state index in [-0.39, 0.29) is 23.0 Å². The van der Waals surface area contributed by atoms with Crippen molar-refractivity contribution in [1.29, 1.82) is 0 Å². The second-order valence-electron chi connectivity index (χ2n) is 10.6. The highest BCUT2D eigenvalue weighted by Gasteiger charge is 2.42. The lowest BCUT2D eigenvalue weighted by Crippen LogP contribution is -2.45. The number of fused-ring (bicyclic) bond motifs is 3. The van der Waals surface area contributed by atoms with Gasteiger partial charge >= 0.3 is 0 Å². The zero-order chi connectivity index (χ0) is 24.7. The van der Waals surface area contributed by atoms with Crippen molar-refractivity contribution in [2.24, 2.45) is 5.92 Å². The van der Waals surface area contributed by atoms with Crippen molar-refractivity contribution >= 4 is 23.7 Å². The van der Waals surface area contributed by atoms with Crippen molar-refractivity contribution in [3.8, 4) is 0 Å². The molecule has 3 aliphatic rings. The summed E-state index contributed by atoms with van der Waals surface area (Å²) in [5, 5.41) is 2.68. The molecule has 0 aromatic carbocycles. The van der Waals surface area contributed by atoms with Crippen LogP contribution in [0.25, 0.3) is 0 Å². The highest BCUT2D eigenvalue weighted by atomic mass is 32.1. The van der Waals surface area contributed by atoms with Crippen LogP contribution in [0, 0.1) is 18.0 Å². The van der Waals surface area contributed by atoms with Gasteiger partial charge in [0.25, 0.3) is 0 Å². The zero-order valence-electron chi connectivity index (χ0n) is 20.9. The van der Waals surface area contributed by atoms with Gasteiger partial charge in [-0.1, -0.05) is 13.8 Å². The smallest absolute Gasteiger partial charge is 0.225 e. The topological polar surface area (TPSA) is 70.5 Å². The van der Waals surface area contributed by atoms with Gasteiger partial charge in [-0.3, -0.25) is 14.5 Å². The van der Waals surface area contributed by atoms with E-state index in [0.717, 1.165) is 72.9 Å². The number of hydrogen-bond donors (Lipinski definition) is 1. The van der Waals surface area contributed by atoms with Gasteiger partial charge < -0.3 is 14.8 Å². The first kappa shape index (κ1) is 24.4. The Morgan fingerprint density at radius 1 is 1.26 bits per heavy atom. The SMILES string of the molecule is Cc1nc2c(n1C1CC3CCC(C1)N3CCC(NC=O)c1ccc(F)s1)CCN(C(=O)C(C)C)C2. The molecule has 3 unspecified atom stereocenters. The third-order valence-electron chi connectivity index (χ3n) is 8.14. The molecule has 2 amide bonds. The van der Waals surface area contributed by atoms with Gasteiger partial charge in [-0.25, -0.2) is 4.98 Å². The molecule has 9 heteroatoms. The summed E-state index contributed by atoms with van der Waals surface area (Å²) in [6, 6.07) is 4.61. The predicted molar refractivity (Wildman–Crippen MR) is 134 cm³/mol. The third kappa shape index (κ3) is 4.77. The van der Waals surface area contributed by atoms with Crippen LogP contribution in [0.2, 0.25) is 0 Å². The molecule has 2 aromatic rings. The fourth-order valence-electron chi connectivity index (χ4n) is 6.58. The second-order valence-corrected chi connectivity index (χ2v) is 11.7. The first-order valence-electron chi connectivity index (χ1n) is 12.9. The van der Waals surface area contributed by atoms with Crippen LogP contribution in [0.15, 0.2) is 12.1 Å². The van der Waals surface area contributed by atoms with Gasteiger partial charge in [0.15, 0.2) is 5.13 Å². The Hall–Kier alpha value is -2.26. The summed E-state index contributed by atoms with van der Waals surface area (Å²) in [7, 11) is 0. The van der Waals surface area contributed by atoms with Crippen molar-refractivity contribution in [3.63, 3.8) is 0 Å². The fourth-order valence-corrected chi connectivity index (χ4v) is 7.41. The predicted octanol–water partition coefficient (Wildman–Crippen LogP) is 3.98.